The minimum atomic E-state index is 0.0539. The quantitative estimate of drug-likeness (QED) is 0.812. The van der Waals surface area contributed by atoms with E-state index in [-0.39, 0.29) is 5.91 Å². The van der Waals surface area contributed by atoms with Crippen molar-refractivity contribution in [3.63, 3.8) is 0 Å². The minimum absolute atomic E-state index is 0.0539. The van der Waals surface area contributed by atoms with Crippen molar-refractivity contribution >= 4 is 5.91 Å². The average molecular weight is 262 g/mol. The molecule has 4 nitrogen and oxygen atoms in total. The number of benzene rings is 1. The topological polar surface area (TPSA) is 50.4 Å². The van der Waals surface area contributed by atoms with Gasteiger partial charge in [-0.1, -0.05) is 26.0 Å². The molecule has 0 aromatic heterocycles. The van der Waals surface area contributed by atoms with Crippen LogP contribution in [0.3, 0.4) is 0 Å². The summed E-state index contributed by atoms with van der Waals surface area (Å²) in [4.78, 5) is 11.5. The number of carbonyl (C=O) groups is 1. The third-order valence-corrected chi connectivity index (χ3v) is 3.16. The van der Waals surface area contributed by atoms with Gasteiger partial charge in [-0.3, -0.25) is 4.79 Å². The molecule has 0 spiro atoms. The van der Waals surface area contributed by atoms with Gasteiger partial charge in [0, 0.05) is 19.0 Å². The average Bonchev–Trinajstić information content (AvgIpc) is 2.83. The molecule has 1 aromatic rings. The van der Waals surface area contributed by atoms with E-state index in [2.05, 4.69) is 22.8 Å². The predicted octanol–water partition coefficient (Wildman–Crippen LogP) is 1.28. The van der Waals surface area contributed by atoms with E-state index in [0.717, 1.165) is 25.2 Å². The Kier molecular flexibility index (Phi) is 4.80. The Morgan fingerprint density at radius 3 is 3.05 bits per heavy atom. The van der Waals surface area contributed by atoms with E-state index < -0.39 is 0 Å². The summed E-state index contributed by atoms with van der Waals surface area (Å²) in [5.74, 6) is 1.06. The lowest BCUT2D eigenvalue weighted by molar-refractivity contribution is -0.120. The second kappa shape index (κ2) is 6.57. The number of fused-ring (bicyclic) bond motifs is 1. The monoisotopic (exact) mass is 262 g/mol. The van der Waals surface area contributed by atoms with Crippen LogP contribution in [0.5, 0.6) is 5.75 Å². The van der Waals surface area contributed by atoms with Gasteiger partial charge in [0.25, 0.3) is 0 Å². The van der Waals surface area contributed by atoms with Crippen molar-refractivity contribution in [2.24, 2.45) is 0 Å². The first-order valence-electron chi connectivity index (χ1n) is 6.90. The van der Waals surface area contributed by atoms with E-state index in [1.165, 1.54) is 11.1 Å². The zero-order valence-electron chi connectivity index (χ0n) is 11.7. The van der Waals surface area contributed by atoms with Crippen LogP contribution < -0.4 is 15.4 Å². The van der Waals surface area contributed by atoms with Crippen molar-refractivity contribution in [3.05, 3.63) is 29.3 Å². The number of nitrogens with one attached hydrogen (secondary N) is 2. The van der Waals surface area contributed by atoms with Crippen molar-refractivity contribution in [3.8, 4) is 5.75 Å². The molecular weight excluding hydrogens is 240 g/mol. The normalized spacial score (nSPS) is 13.2. The van der Waals surface area contributed by atoms with Crippen LogP contribution in [0.1, 0.15) is 25.0 Å². The molecule has 0 bridgehead atoms. The summed E-state index contributed by atoms with van der Waals surface area (Å²) in [7, 11) is 0. The van der Waals surface area contributed by atoms with Crippen LogP contribution in [0.2, 0.25) is 0 Å². The zero-order chi connectivity index (χ0) is 13.7. The van der Waals surface area contributed by atoms with Gasteiger partial charge in [-0.15, -0.1) is 0 Å². The molecule has 1 aromatic carbocycles. The first kappa shape index (κ1) is 13.9. The third kappa shape index (κ3) is 4.24. The smallest absolute Gasteiger partial charge is 0.233 e. The number of carbonyl (C=O) groups excluding carboxylic acids is 1. The molecule has 1 aliphatic heterocycles. The summed E-state index contributed by atoms with van der Waals surface area (Å²) >= 11 is 0. The summed E-state index contributed by atoms with van der Waals surface area (Å²) in [6.07, 6.45) is 1.86. The van der Waals surface area contributed by atoms with E-state index in [4.69, 9.17) is 4.74 Å². The van der Waals surface area contributed by atoms with Crippen molar-refractivity contribution in [1.82, 2.24) is 10.6 Å². The van der Waals surface area contributed by atoms with Crippen LogP contribution in [0.15, 0.2) is 18.2 Å². The SMILES string of the molecule is CC(C)NCC(=O)NCCc1ccc2c(c1)CCO2. The lowest BCUT2D eigenvalue weighted by atomic mass is 10.1. The van der Waals surface area contributed by atoms with E-state index >= 15 is 0 Å². The fourth-order valence-corrected chi connectivity index (χ4v) is 2.10. The summed E-state index contributed by atoms with van der Waals surface area (Å²) in [6, 6.07) is 6.62. The van der Waals surface area contributed by atoms with E-state index in [9.17, 15) is 4.79 Å². The lowest BCUT2D eigenvalue weighted by Gasteiger charge is -2.09. The summed E-state index contributed by atoms with van der Waals surface area (Å²) in [5, 5.41) is 6.02. The lowest BCUT2D eigenvalue weighted by Crippen LogP contribution is -2.37. The zero-order valence-corrected chi connectivity index (χ0v) is 11.7. The van der Waals surface area contributed by atoms with Crippen molar-refractivity contribution < 1.29 is 9.53 Å². The van der Waals surface area contributed by atoms with Crippen molar-refractivity contribution in [2.75, 3.05) is 19.7 Å². The molecule has 104 valence electrons. The van der Waals surface area contributed by atoms with Gasteiger partial charge in [-0.2, -0.15) is 0 Å². The molecule has 4 heteroatoms. The number of ether oxygens (including phenoxy) is 1. The highest BCUT2D eigenvalue weighted by atomic mass is 16.5. The first-order valence-corrected chi connectivity index (χ1v) is 6.90. The van der Waals surface area contributed by atoms with Gasteiger partial charge >= 0.3 is 0 Å². The third-order valence-electron chi connectivity index (χ3n) is 3.16. The number of amides is 1. The van der Waals surface area contributed by atoms with Crippen LogP contribution in [0.4, 0.5) is 0 Å². The predicted molar refractivity (Wildman–Crippen MR) is 75.5 cm³/mol. The molecular formula is C15H22N2O2. The van der Waals surface area contributed by atoms with Crippen LogP contribution in [0, 0.1) is 0 Å². The highest BCUT2D eigenvalue weighted by molar-refractivity contribution is 5.78. The summed E-state index contributed by atoms with van der Waals surface area (Å²) in [5.41, 5.74) is 2.53. The maximum Gasteiger partial charge on any atom is 0.233 e. The molecule has 2 N–H and O–H groups in total. The molecule has 0 aliphatic carbocycles. The minimum Gasteiger partial charge on any atom is -0.493 e. The van der Waals surface area contributed by atoms with Crippen molar-refractivity contribution in [1.29, 1.82) is 0 Å². The van der Waals surface area contributed by atoms with Gasteiger partial charge in [-0.25, -0.2) is 0 Å². The maximum absolute atomic E-state index is 11.5. The van der Waals surface area contributed by atoms with Gasteiger partial charge in [0.15, 0.2) is 0 Å². The Morgan fingerprint density at radius 2 is 2.26 bits per heavy atom. The van der Waals surface area contributed by atoms with Gasteiger partial charge in [0.05, 0.1) is 13.2 Å². The van der Waals surface area contributed by atoms with Crippen molar-refractivity contribution in [2.45, 2.75) is 32.7 Å². The summed E-state index contributed by atoms with van der Waals surface area (Å²) < 4.78 is 5.47. The molecule has 1 aliphatic rings. The highest BCUT2D eigenvalue weighted by Gasteiger charge is 2.11. The Balaban J connectivity index is 1.72. The van der Waals surface area contributed by atoms with E-state index in [1.807, 2.05) is 19.9 Å². The second-order valence-corrected chi connectivity index (χ2v) is 5.18. The Bertz CT molecular complexity index is 444. The van der Waals surface area contributed by atoms with Crippen LogP contribution in [0.25, 0.3) is 0 Å². The standard InChI is InChI=1S/C15H22N2O2/c1-11(2)17-10-15(18)16-7-5-12-3-4-14-13(9-12)6-8-19-14/h3-4,9,11,17H,5-8,10H2,1-2H3,(H,16,18). The number of rotatable bonds is 6. The van der Waals surface area contributed by atoms with Crippen LogP contribution >= 0.6 is 0 Å². The van der Waals surface area contributed by atoms with Crippen LogP contribution in [-0.2, 0) is 17.6 Å². The van der Waals surface area contributed by atoms with E-state index in [0.29, 0.717) is 19.1 Å². The fourth-order valence-electron chi connectivity index (χ4n) is 2.10. The summed E-state index contributed by atoms with van der Waals surface area (Å²) in [6.45, 7) is 5.91. The van der Waals surface area contributed by atoms with Crippen LogP contribution in [-0.4, -0.2) is 31.6 Å². The molecule has 2 rings (SSSR count). The van der Waals surface area contributed by atoms with Gasteiger partial charge in [-0.05, 0) is 23.6 Å². The van der Waals surface area contributed by atoms with E-state index in [1.54, 1.807) is 0 Å². The Hall–Kier alpha value is -1.55. The molecule has 0 atom stereocenters. The molecule has 1 heterocycles. The highest BCUT2D eigenvalue weighted by Crippen LogP contribution is 2.25. The maximum atomic E-state index is 11.5. The Morgan fingerprint density at radius 1 is 1.42 bits per heavy atom. The molecule has 0 saturated heterocycles. The second-order valence-electron chi connectivity index (χ2n) is 5.18. The van der Waals surface area contributed by atoms with Gasteiger partial charge in [0.2, 0.25) is 5.91 Å². The Labute approximate surface area is 114 Å². The number of hydrogen-bond acceptors (Lipinski definition) is 3. The first-order chi connectivity index (χ1) is 9.15. The van der Waals surface area contributed by atoms with Gasteiger partial charge in [0.1, 0.15) is 5.75 Å². The number of hydrogen-bond donors (Lipinski definition) is 2. The molecule has 19 heavy (non-hydrogen) atoms. The molecule has 0 saturated carbocycles. The molecule has 0 fully saturated rings. The molecule has 0 radical (unpaired) electrons. The molecule has 0 unspecified atom stereocenters. The fraction of sp³-hybridized carbons (Fsp3) is 0.533. The molecule has 1 amide bonds. The largest absolute Gasteiger partial charge is 0.493 e. The van der Waals surface area contributed by atoms with Gasteiger partial charge < -0.3 is 15.4 Å².